The van der Waals surface area contributed by atoms with Crippen LogP contribution in [0.15, 0.2) is 29.4 Å². The zero-order valence-electron chi connectivity index (χ0n) is 16.5. The molecule has 0 bridgehead atoms. The Kier molecular flexibility index (Phi) is 5.86. The van der Waals surface area contributed by atoms with Crippen LogP contribution in [0.1, 0.15) is 39.0 Å². The number of hydrazone groups is 1. The van der Waals surface area contributed by atoms with E-state index in [1.54, 1.807) is 0 Å². The molecule has 2 aliphatic rings. The number of esters is 1. The summed E-state index contributed by atoms with van der Waals surface area (Å²) in [5, 5.41) is 8.36. The molecule has 1 aliphatic heterocycles. The maximum absolute atomic E-state index is 13.2. The van der Waals surface area contributed by atoms with E-state index in [4.69, 9.17) is 10.5 Å². The van der Waals surface area contributed by atoms with E-state index in [0.29, 0.717) is 24.4 Å². The molecule has 2 amide bonds. The summed E-state index contributed by atoms with van der Waals surface area (Å²) in [5.74, 6) is -1.66. The Balaban J connectivity index is 1.83. The average molecular weight is 404 g/mol. The molecule has 1 heterocycles. The predicted molar refractivity (Wildman–Crippen MR) is 104 cm³/mol. The second-order valence-corrected chi connectivity index (χ2v) is 7.70. The summed E-state index contributed by atoms with van der Waals surface area (Å²) >= 11 is 0. The summed E-state index contributed by atoms with van der Waals surface area (Å²) in [5.41, 5.74) is 4.89. The predicted octanol–water partition coefficient (Wildman–Crippen LogP) is 1.48. The summed E-state index contributed by atoms with van der Waals surface area (Å²) in [6.07, 6.45) is 2.51. The lowest BCUT2D eigenvalue weighted by Crippen LogP contribution is -2.58. The van der Waals surface area contributed by atoms with Crippen LogP contribution in [0.2, 0.25) is 0 Å². The van der Waals surface area contributed by atoms with Crippen LogP contribution in [0.5, 0.6) is 0 Å². The van der Waals surface area contributed by atoms with Crippen LogP contribution in [-0.4, -0.2) is 42.2 Å². The van der Waals surface area contributed by atoms with Gasteiger partial charge >= 0.3 is 5.97 Å². The van der Waals surface area contributed by atoms with Gasteiger partial charge in [0, 0.05) is 6.42 Å². The minimum absolute atomic E-state index is 0.00774. The Morgan fingerprint density at radius 3 is 2.41 bits per heavy atom. The Bertz CT molecular complexity index is 831. The number of amides is 2. The van der Waals surface area contributed by atoms with Gasteiger partial charge in [0.25, 0.3) is 5.91 Å². The number of rotatable bonds is 5. The highest BCUT2D eigenvalue weighted by Crippen LogP contribution is 2.33. The highest BCUT2D eigenvalue weighted by atomic mass is 19.1. The summed E-state index contributed by atoms with van der Waals surface area (Å²) < 4.78 is 18.2. The van der Waals surface area contributed by atoms with Crippen LogP contribution in [0.25, 0.3) is 0 Å². The number of halogens is 1. The topological polar surface area (TPSA) is 114 Å². The molecule has 1 fully saturated rings. The SMILES string of the molecule is COC(=O)C1(NC(=O)C2=NN(c3ccc(F)cc3)C(C(N)=O)C2)CCC(C)CC1. The molecular formula is C20H25FN4O4. The Morgan fingerprint density at radius 2 is 1.86 bits per heavy atom. The van der Waals surface area contributed by atoms with Crippen molar-refractivity contribution >= 4 is 29.2 Å². The van der Waals surface area contributed by atoms with E-state index >= 15 is 0 Å². The number of nitrogens with one attached hydrogen (secondary N) is 1. The Hall–Kier alpha value is -2.97. The van der Waals surface area contributed by atoms with Gasteiger partial charge < -0.3 is 15.8 Å². The summed E-state index contributed by atoms with van der Waals surface area (Å²) in [7, 11) is 1.29. The Morgan fingerprint density at radius 1 is 1.24 bits per heavy atom. The van der Waals surface area contributed by atoms with Crippen molar-refractivity contribution in [2.24, 2.45) is 16.8 Å². The fraction of sp³-hybridized carbons (Fsp3) is 0.500. The third kappa shape index (κ3) is 4.23. The number of methoxy groups -OCH3 is 1. The molecular weight excluding hydrogens is 379 g/mol. The second kappa shape index (κ2) is 8.18. The molecule has 1 aromatic carbocycles. The number of nitrogens with two attached hydrogens (primary N) is 1. The lowest BCUT2D eigenvalue weighted by molar-refractivity contribution is -0.152. The van der Waals surface area contributed by atoms with Crippen molar-refractivity contribution in [3.8, 4) is 0 Å². The molecule has 3 N–H and O–H groups in total. The van der Waals surface area contributed by atoms with Crippen molar-refractivity contribution in [3.63, 3.8) is 0 Å². The van der Waals surface area contributed by atoms with Crippen molar-refractivity contribution in [2.75, 3.05) is 12.1 Å². The van der Waals surface area contributed by atoms with E-state index < -0.39 is 35.2 Å². The number of nitrogens with zero attached hydrogens (tertiary/aromatic N) is 2. The van der Waals surface area contributed by atoms with Crippen LogP contribution in [0, 0.1) is 11.7 Å². The van der Waals surface area contributed by atoms with Gasteiger partial charge in [0.2, 0.25) is 5.91 Å². The maximum Gasteiger partial charge on any atom is 0.331 e. The van der Waals surface area contributed by atoms with Gasteiger partial charge in [-0.1, -0.05) is 6.92 Å². The van der Waals surface area contributed by atoms with Crippen LogP contribution in [-0.2, 0) is 19.1 Å². The molecule has 1 atom stereocenters. The number of hydrogen-bond donors (Lipinski definition) is 2. The second-order valence-electron chi connectivity index (χ2n) is 7.70. The number of carbonyl (C=O) groups excluding carboxylic acids is 3. The average Bonchev–Trinajstić information content (AvgIpc) is 3.16. The van der Waals surface area contributed by atoms with E-state index in [1.165, 1.54) is 36.4 Å². The van der Waals surface area contributed by atoms with Crippen molar-refractivity contribution in [3.05, 3.63) is 30.1 Å². The molecule has 1 aliphatic carbocycles. The van der Waals surface area contributed by atoms with Crippen LogP contribution in [0.4, 0.5) is 10.1 Å². The summed E-state index contributed by atoms with van der Waals surface area (Å²) in [6.45, 7) is 2.10. The van der Waals surface area contributed by atoms with E-state index in [2.05, 4.69) is 17.3 Å². The zero-order chi connectivity index (χ0) is 21.2. The lowest BCUT2D eigenvalue weighted by Gasteiger charge is -2.37. The molecule has 8 nitrogen and oxygen atoms in total. The number of carbonyl (C=O) groups is 3. The first kappa shape index (κ1) is 20.8. The third-order valence-corrected chi connectivity index (χ3v) is 5.65. The van der Waals surface area contributed by atoms with Gasteiger partial charge in [-0.2, -0.15) is 5.10 Å². The first-order chi connectivity index (χ1) is 13.8. The van der Waals surface area contributed by atoms with Crippen molar-refractivity contribution in [1.82, 2.24) is 5.32 Å². The van der Waals surface area contributed by atoms with Crippen molar-refractivity contribution in [1.29, 1.82) is 0 Å². The highest BCUT2D eigenvalue weighted by molar-refractivity contribution is 6.40. The number of hydrogen-bond acceptors (Lipinski definition) is 6. The molecule has 1 unspecified atom stereocenters. The summed E-state index contributed by atoms with van der Waals surface area (Å²) in [4.78, 5) is 37.3. The molecule has 0 spiro atoms. The fourth-order valence-corrected chi connectivity index (χ4v) is 3.82. The van der Waals surface area contributed by atoms with E-state index in [1.807, 2.05) is 0 Å². The molecule has 0 radical (unpaired) electrons. The molecule has 0 aromatic heterocycles. The molecule has 9 heteroatoms. The van der Waals surface area contributed by atoms with Crippen LogP contribution < -0.4 is 16.1 Å². The van der Waals surface area contributed by atoms with Crippen LogP contribution in [0.3, 0.4) is 0 Å². The van der Waals surface area contributed by atoms with E-state index in [-0.39, 0.29) is 12.1 Å². The largest absolute Gasteiger partial charge is 0.467 e. The van der Waals surface area contributed by atoms with Gasteiger partial charge in [-0.25, -0.2) is 9.18 Å². The fourth-order valence-electron chi connectivity index (χ4n) is 3.82. The number of primary amides is 1. The molecule has 29 heavy (non-hydrogen) atoms. The van der Waals surface area contributed by atoms with E-state index in [0.717, 1.165) is 12.8 Å². The Labute approximate surface area is 168 Å². The quantitative estimate of drug-likeness (QED) is 0.722. The van der Waals surface area contributed by atoms with Gasteiger partial charge in [-0.3, -0.25) is 14.6 Å². The standard InChI is InChI=1S/C20H25FN4O4/c1-12-7-9-20(10-8-12,19(28)29-2)23-18(27)15-11-16(17(22)26)25(24-15)14-5-3-13(21)4-6-14/h3-6,12,16H,7-11H2,1-2H3,(H2,22,26)(H,23,27). The monoisotopic (exact) mass is 404 g/mol. The lowest BCUT2D eigenvalue weighted by atomic mass is 9.77. The van der Waals surface area contributed by atoms with Gasteiger partial charge in [-0.05, 0) is 55.9 Å². The molecule has 1 saturated carbocycles. The summed E-state index contributed by atoms with van der Waals surface area (Å²) in [6, 6.07) is 4.50. The van der Waals surface area contributed by atoms with Gasteiger partial charge in [0.05, 0.1) is 12.8 Å². The first-order valence-corrected chi connectivity index (χ1v) is 9.58. The number of benzene rings is 1. The molecule has 1 aromatic rings. The maximum atomic E-state index is 13.2. The molecule has 3 rings (SSSR count). The van der Waals surface area contributed by atoms with Crippen LogP contribution >= 0.6 is 0 Å². The smallest absolute Gasteiger partial charge is 0.331 e. The first-order valence-electron chi connectivity index (χ1n) is 9.58. The normalized spacial score (nSPS) is 26.6. The zero-order valence-corrected chi connectivity index (χ0v) is 16.5. The van der Waals surface area contributed by atoms with Gasteiger partial charge in [-0.15, -0.1) is 0 Å². The molecule has 0 saturated heterocycles. The third-order valence-electron chi connectivity index (χ3n) is 5.65. The minimum Gasteiger partial charge on any atom is -0.467 e. The van der Waals surface area contributed by atoms with E-state index in [9.17, 15) is 18.8 Å². The number of ether oxygens (including phenoxy) is 1. The number of anilines is 1. The van der Waals surface area contributed by atoms with Gasteiger partial charge in [0.1, 0.15) is 23.1 Å². The van der Waals surface area contributed by atoms with Crippen molar-refractivity contribution < 1.29 is 23.5 Å². The highest BCUT2D eigenvalue weighted by Gasteiger charge is 2.45. The van der Waals surface area contributed by atoms with Gasteiger partial charge in [0.15, 0.2) is 0 Å². The minimum atomic E-state index is -1.10. The van der Waals surface area contributed by atoms with Crippen molar-refractivity contribution in [2.45, 2.75) is 50.6 Å². The molecule has 156 valence electrons.